The molecule has 0 aliphatic carbocycles. The third-order valence-corrected chi connectivity index (χ3v) is 4.94. The second-order valence-electron chi connectivity index (χ2n) is 5.59. The zero-order valence-corrected chi connectivity index (χ0v) is 15.0. The van der Waals surface area contributed by atoms with Crippen molar-refractivity contribution >= 4 is 45.6 Å². The fourth-order valence-electron chi connectivity index (χ4n) is 2.79. The molecule has 1 aliphatic rings. The van der Waals surface area contributed by atoms with Crippen LogP contribution in [0.2, 0.25) is 0 Å². The largest absolute Gasteiger partial charge is 0.366 e. The molecule has 6 nitrogen and oxygen atoms in total. The van der Waals surface area contributed by atoms with Crippen LogP contribution in [-0.4, -0.2) is 23.9 Å². The zero-order valence-electron chi connectivity index (χ0n) is 12.9. The molecule has 24 heavy (non-hydrogen) atoms. The number of carbonyl (C=O) groups excluding carboxylic acids is 1. The van der Waals surface area contributed by atoms with Gasteiger partial charge in [0.1, 0.15) is 5.69 Å². The van der Waals surface area contributed by atoms with Gasteiger partial charge < -0.3 is 10.2 Å². The van der Waals surface area contributed by atoms with Gasteiger partial charge in [-0.1, -0.05) is 12.1 Å². The van der Waals surface area contributed by atoms with Gasteiger partial charge in [-0.15, -0.1) is 0 Å². The van der Waals surface area contributed by atoms with Gasteiger partial charge in [0.25, 0.3) is 11.6 Å². The summed E-state index contributed by atoms with van der Waals surface area (Å²) in [5.74, 6) is -0.352. The fraction of sp³-hybridized carbons (Fsp3) is 0.235. The molecule has 0 saturated carbocycles. The molecule has 0 spiro atoms. The summed E-state index contributed by atoms with van der Waals surface area (Å²) in [5.41, 5.74) is 1.54. The lowest BCUT2D eigenvalue weighted by atomic mass is 10.1. The van der Waals surface area contributed by atoms with Crippen LogP contribution in [0.25, 0.3) is 0 Å². The Balaban J connectivity index is 1.88. The Morgan fingerprint density at radius 2 is 1.88 bits per heavy atom. The van der Waals surface area contributed by atoms with Crippen LogP contribution in [0, 0.1) is 13.7 Å². The Bertz CT molecular complexity index is 788. The number of benzene rings is 2. The molecule has 0 radical (unpaired) electrons. The number of para-hydroxylation sites is 1. The lowest BCUT2D eigenvalue weighted by Gasteiger charge is -2.17. The highest BCUT2D eigenvalue weighted by molar-refractivity contribution is 14.1. The summed E-state index contributed by atoms with van der Waals surface area (Å²) in [5, 5.41) is 14.2. The highest BCUT2D eigenvalue weighted by Gasteiger charge is 2.24. The summed E-state index contributed by atoms with van der Waals surface area (Å²) < 4.78 is 0.909. The quantitative estimate of drug-likeness (QED) is 0.445. The van der Waals surface area contributed by atoms with E-state index < -0.39 is 4.92 Å². The van der Waals surface area contributed by atoms with Crippen molar-refractivity contribution in [2.24, 2.45) is 0 Å². The molecule has 0 atom stereocenters. The minimum atomic E-state index is -0.420. The van der Waals surface area contributed by atoms with Crippen molar-refractivity contribution in [1.82, 2.24) is 0 Å². The molecular formula is C17H16IN3O3. The van der Waals surface area contributed by atoms with Crippen LogP contribution in [0.15, 0.2) is 42.5 Å². The van der Waals surface area contributed by atoms with Gasteiger partial charge in [0, 0.05) is 28.3 Å². The number of hydrogen-bond acceptors (Lipinski definition) is 4. The van der Waals surface area contributed by atoms with Gasteiger partial charge in [-0.3, -0.25) is 14.9 Å². The number of hydrogen-bond donors (Lipinski definition) is 1. The maximum absolute atomic E-state index is 12.4. The summed E-state index contributed by atoms with van der Waals surface area (Å²) in [6, 6.07) is 12.1. The number of nitro benzene ring substituents is 1. The van der Waals surface area contributed by atoms with Crippen LogP contribution in [-0.2, 0) is 0 Å². The van der Waals surface area contributed by atoms with Gasteiger partial charge in [0.2, 0.25) is 0 Å². The van der Waals surface area contributed by atoms with E-state index in [1.807, 2.05) is 23.1 Å². The molecule has 124 valence electrons. The first-order valence-electron chi connectivity index (χ1n) is 7.65. The van der Waals surface area contributed by atoms with Crippen LogP contribution in [0.3, 0.4) is 0 Å². The van der Waals surface area contributed by atoms with E-state index in [0.29, 0.717) is 11.4 Å². The number of nitrogens with zero attached hydrogens (tertiary/aromatic N) is 2. The molecule has 1 amide bonds. The van der Waals surface area contributed by atoms with Gasteiger partial charge in [-0.05, 0) is 59.7 Å². The molecule has 3 rings (SSSR count). The molecule has 2 aromatic rings. The van der Waals surface area contributed by atoms with Crippen molar-refractivity contribution in [3.63, 3.8) is 0 Å². The molecule has 1 aliphatic heterocycles. The first kappa shape index (κ1) is 16.7. The standard InChI is InChI=1S/C17H16IN3O3/c18-13-5-1-2-6-14(13)19-17(22)12-7-8-15(16(11-12)21(23)24)20-9-3-4-10-20/h1-2,5-8,11H,3-4,9-10H2,(H,19,22). The smallest absolute Gasteiger partial charge is 0.293 e. The molecule has 0 unspecified atom stereocenters. The van der Waals surface area contributed by atoms with Crippen LogP contribution >= 0.6 is 22.6 Å². The van der Waals surface area contributed by atoms with Gasteiger partial charge in [-0.25, -0.2) is 0 Å². The number of amides is 1. The first-order chi connectivity index (χ1) is 11.6. The van der Waals surface area contributed by atoms with Crippen LogP contribution in [0.5, 0.6) is 0 Å². The van der Waals surface area contributed by atoms with Gasteiger partial charge in [-0.2, -0.15) is 0 Å². The minimum Gasteiger partial charge on any atom is -0.366 e. The van der Waals surface area contributed by atoms with Crippen molar-refractivity contribution < 1.29 is 9.72 Å². The molecule has 1 fully saturated rings. The topological polar surface area (TPSA) is 75.5 Å². The van der Waals surface area contributed by atoms with Crippen LogP contribution in [0.4, 0.5) is 17.1 Å². The molecule has 1 saturated heterocycles. The molecule has 1 N–H and O–H groups in total. The normalized spacial score (nSPS) is 13.8. The average molecular weight is 437 g/mol. The van der Waals surface area contributed by atoms with Gasteiger partial charge in [0.15, 0.2) is 0 Å². The Morgan fingerprint density at radius 1 is 1.17 bits per heavy atom. The number of carbonyl (C=O) groups is 1. The molecule has 7 heteroatoms. The Kier molecular flexibility index (Phi) is 4.98. The van der Waals surface area contributed by atoms with Crippen molar-refractivity contribution in [3.8, 4) is 0 Å². The third-order valence-electron chi connectivity index (χ3n) is 4.00. The third kappa shape index (κ3) is 3.50. The van der Waals surface area contributed by atoms with Gasteiger partial charge in [0.05, 0.1) is 10.6 Å². The Hall–Kier alpha value is -2.16. The number of nitrogens with one attached hydrogen (secondary N) is 1. The van der Waals surface area contributed by atoms with E-state index in [1.54, 1.807) is 18.2 Å². The summed E-state index contributed by atoms with van der Waals surface area (Å²) in [7, 11) is 0. The summed E-state index contributed by atoms with van der Waals surface area (Å²) in [4.78, 5) is 25.4. The Labute approximate surface area is 153 Å². The van der Waals surface area contributed by atoms with E-state index >= 15 is 0 Å². The van der Waals surface area contributed by atoms with E-state index in [4.69, 9.17) is 0 Å². The highest BCUT2D eigenvalue weighted by Crippen LogP contribution is 2.32. The molecule has 0 aromatic heterocycles. The van der Waals surface area contributed by atoms with E-state index in [9.17, 15) is 14.9 Å². The van der Waals surface area contributed by atoms with E-state index in [-0.39, 0.29) is 17.2 Å². The first-order valence-corrected chi connectivity index (χ1v) is 8.73. The average Bonchev–Trinajstić information content (AvgIpc) is 3.10. The lowest BCUT2D eigenvalue weighted by molar-refractivity contribution is -0.384. The maximum atomic E-state index is 12.4. The van der Waals surface area contributed by atoms with Crippen LogP contribution in [0.1, 0.15) is 23.2 Å². The highest BCUT2D eigenvalue weighted by atomic mass is 127. The summed E-state index contributed by atoms with van der Waals surface area (Å²) >= 11 is 2.13. The minimum absolute atomic E-state index is 0.0210. The zero-order chi connectivity index (χ0) is 17.1. The van der Waals surface area contributed by atoms with Gasteiger partial charge >= 0.3 is 0 Å². The second kappa shape index (κ2) is 7.16. The van der Waals surface area contributed by atoms with Crippen LogP contribution < -0.4 is 10.2 Å². The van der Waals surface area contributed by atoms with Crippen molar-refractivity contribution in [2.45, 2.75) is 12.8 Å². The Morgan fingerprint density at radius 3 is 2.54 bits per heavy atom. The lowest BCUT2D eigenvalue weighted by Crippen LogP contribution is -2.20. The molecular weight excluding hydrogens is 421 g/mol. The molecule has 0 bridgehead atoms. The van der Waals surface area contributed by atoms with Crippen molar-refractivity contribution in [3.05, 3.63) is 61.7 Å². The number of anilines is 2. The number of halogens is 1. The predicted octanol–water partition coefficient (Wildman–Crippen LogP) is 4.05. The monoisotopic (exact) mass is 437 g/mol. The van der Waals surface area contributed by atoms with E-state index in [2.05, 4.69) is 27.9 Å². The molecule has 2 aromatic carbocycles. The SMILES string of the molecule is O=C(Nc1ccccc1I)c1ccc(N2CCCC2)c([N+](=O)[O-])c1. The number of rotatable bonds is 4. The van der Waals surface area contributed by atoms with Crippen molar-refractivity contribution in [2.75, 3.05) is 23.3 Å². The summed E-state index contributed by atoms with van der Waals surface area (Å²) in [6.45, 7) is 1.63. The van der Waals surface area contributed by atoms with Crippen molar-refractivity contribution in [1.29, 1.82) is 0 Å². The molecule has 1 heterocycles. The maximum Gasteiger partial charge on any atom is 0.293 e. The summed E-state index contributed by atoms with van der Waals surface area (Å²) in [6.07, 6.45) is 2.07. The van der Waals surface area contributed by atoms with E-state index in [0.717, 1.165) is 29.5 Å². The second-order valence-corrected chi connectivity index (χ2v) is 6.75. The predicted molar refractivity (Wildman–Crippen MR) is 102 cm³/mol. The fourth-order valence-corrected chi connectivity index (χ4v) is 3.32. The number of nitro groups is 1. The van der Waals surface area contributed by atoms with E-state index in [1.165, 1.54) is 6.07 Å².